The van der Waals surface area contributed by atoms with Gasteiger partial charge in [0.25, 0.3) is 5.91 Å². The van der Waals surface area contributed by atoms with E-state index in [4.69, 9.17) is 9.72 Å². The van der Waals surface area contributed by atoms with Crippen molar-refractivity contribution >= 4 is 48.8 Å². The lowest BCUT2D eigenvalue weighted by molar-refractivity contribution is 0.0981. The topological polar surface area (TPSA) is 115 Å². The van der Waals surface area contributed by atoms with E-state index in [0.717, 1.165) is 45.0 Å². The number of aliphatic hydroxyl groups excluding tert-OH is 1. The number of rotatable bonds is 10. The summed E-state index contributed by atoms with van der Waals surface area (Å²) in [4.78, 5) is 17.9. The van der Waals surface area contributed by atoms with Crippen molar-refractivity contribution in [2.24, 2.45) is 0 Å². The Kier molecular flexibility index (Phi) is 7.64. The Balaban J connectivity index is 1.30. The number of benzene rings is 4. The number of aliphatic hydroxyl groups is 1. The molecule has 2 N–H and O–H groups in total. The fourth-order valence-electron chi connectivity index (χ4n) is 5.68. The van der Waals surface area contributed by atoms with Crippen LogP contribution >= 0.6 is 0 Å². The molecule has 0 bridgehead atoms. The minimum Gasteiger partial charge on any atom is -0.497 e. The van der Waals surface area contributed by atoms with E-state index in [-0.39, 0.29) is 24.3 Å². The fourth-order valence-corrected chi connectivity index (χ4v) is 6.69. The second-order valence-corrected chi connectivity index (χ2v) is 12.2. The van der Waals surface area contributed by atoms with E-state index >= 15 is 0 Å². The maximum atomic E-state index is 13.0. The zero-order chi connectivity index (χ0) is 30.1. The van der Waals surface area contributed by atoms with Gasteiger partial charge in [-0.2, -0.15) is 0 Å². The van der Waals surface area contributed by atoms with Crippen molar-refractivity contribution in [1.29, 1.82) is 0 Å². The van der Waals surface area contributed by atoms with Crippen LogP contribution < -0.4 is 9.46 Å². The molecule has 0 aliphatic carbocycles. The highest BCUT2D eigenvalue weighted by atomic mass is 32.2. The quantitative estimate of drug-likeness (QED) is 0.227. The molecule has 4 aromatic carbocycles. The molecule has 0 aliphatic rings. The number of imidazole rings is 1. The van der Waals surface area contributed by atoms with E-state index in [1.54, 1.807) is 43.5 Å². The summed E-state index contributed by atoms with van der Waals surface area (Å²) < 4.78 is 37.1. The van der Waals surface area contributed by atoms with E-state index in [1.807, 2.05) is 28.8 Å². The summed E-state index contributed by atoms with van der Waals surface area (Å²) in [6, 6.07) is 26.6. The van der Waals surface area contributed by atoms with E-state index in [2.05, 4.69) is 40.5 Å². The third-order valence-corrected chi connectivity index (χ3v) is 8.96. The standard InChI is InChI=1S/C33H32N4O5S/c1-3-36-29-10-5-4-9-26(29)27-20-23(11-13-30(27)36)32-34-28-21-24(12-14-31(28)37(32)16-17-38)33(39)35-43(40,41)18-15-22-7-6-8-25(19-22)42-2/h4-14,19-21,38H,3,15-18H2,1-2H3,(H,35,39). The normalized spacial score (nSPS) is 11.9. The van der Waals surface area contributed by atoms with Gasteiger partial charge < -0.3 is 19.0 Å². The molecular weight excluding hydrogens is 564 g/mol. The second-order valence-electron chi connectivity index (χ2n) is 10.4. The number of aromatic nitrogens is 3. The SMILES string of the molecule is CCn1c2ccccc2c2cc(-c3nc4cc(C(=O)NS(=O)(=O)CCc5cccc(OC)c5)ccc4n3CCO)ccc21. The molecule has 0 radical (unpaired) electrons. The molecule has 0 saturated heterocycles. The molecule has 6 aromatic rings. The summed E-state index contributed by atoms with van der Waals surface area (Å²) in [5.74, 6) is 0.322. The molecular formula is C33H32N4O5S. The molecule has 9 nitrogen and oxygen atoms in total. The summed E-state index contributed by atoms with van der Waals surface area (Å²) in [5.41, 5.74) is 5.40. The van der Waals surface area contributed by atoms with Gasteiger partial charge in [0.05, 0.1) is 30.5 Å². The molecule has 0 unspecified atom stereocenters. The number of amides is 1. The monoisotopic (exact) mass is 596 g/mol. The van der Waals surface area contributed by atoms with Crippen molar-refractivity contribution in [3.63, 3.8) is 0 Å². The van der Waals surface area contributed by atoms with Crippen molar-refractivity contribution in [2.45, 2.75) is 26.4 Å². The Labute approximate surface area is 249 Å². The fraction of sp³-hybridized carbons (Fsp3) is 0.212. The predicted octanol–water partition coefficient (Wildman–Crippen LogP) is 5.13. The Morgan fingerprint density at radius 2 is 1.70 bits per heavy atom. The minimum absolute atomic E-state index is 0.0936. The first-order valence-electron chi connectivity index (χ1n) is 14.1. The van der Waals surface area contributed by atoms with Crippen LogP contribution in [0, 0.1) is 0 Å². The number of ether oxygens (including phenoxy) is 1. The largest absolute Gasteiger partial charge is 0.497 e. The summed E-state index contributed by atoms with van der Waals surface area (Å²) >= 11 is 0. The summed E-state index contributed by atoms with van der Waals surface area (Å²) in [6.07, 6.45) is 0.231. The van der Waals surface area contributed by atoms with Crippen LogP contribution in [-0.2, 0) is 29.5 Å². The Hall–Kier alpha value is -4.67. The third-order valence-electron chi connectivity index (χ3n) is 7.72. The lowest BCUT2D eigenvalue weighted by Crippen LogP contribution is -2.33. The molecule has 1 amide bonds. The molecule has 0 spiro atoms. The van der Waals surface area contributed by atoms with Gasteiger partial charge in [0, 0.05) is 46.0 Å². The zero-order valence-corrected chi connectivity index (χ0v) is 24.8. The van der Waals surface area contributed by atoms with Crippen LogP contribution in [0.4, 0.5) is 0 Å². The molecule has 0 fully saturated rings. The molecule has 0 aliphatic heterocycles. The molecule has 43 heavy (non-hydrogen) atoms. The van der Waals surface area contributed by atoms with Crippen LogP contribution in [0.25, 0.3) is 44.2 Å². The van der Waals surface area contributed by atoms with Crippen LogP contribution in [0.1, 0.15) is 22.8 Å². The van der Waals surface area contributed by atoms with Gasteiger partial charge in [-0.05, 0) is 73.5 Å². The number of nitrogens with one attached hydrogen (secondary N) is 1. The first-order valence-corrected chi connectivity index (χ1v) is 15.8. The number of carbonyl (C=O) groups excluding carboxylic acids is 1. The summed E-state index contributed by atoms with van der Waals surface area (Å²) in [6.45, 7) is 3.18. The van der Waals surface area contributed by atoms with E-state index < -0.39 is 15.9 Å². The van der Waals surface area contributed by atoms with Crippen LogP contribution in [0.5, 0.6) is 5.75 Å². The van der Waals surface area contributed by atoms with Gasteiger partial charge in [-0.1, -0.05) is 30.3 Å². The number of methoxy groups -OCH3 is 1. The molecule has 2 aromatic heterocycles. The molecule has 2 heterocycles. The molecule has 220 valence electrons. The van der Waals surface area contributed by atoms with Gasteiger partial charge >= 0.3 is 0 Å². The molecule has 0 saturated carbocycles. The Morgan fingerprint density at radius 3 is 2.49 bits per heavy atom. The van der Waals surface area contributed by atoms with Gasteiger partial charge in [-0.25, -0.2) is 18.1 Å². The second kappa shape index (κ2) is 11.5. The van der Waals surface area contributed by atoms with Crippen molar-refractivity contribution < 1.29 is 23.1 Å². The van der Waals surface area contributed by atoms with Crippen LogP contribution in [0.3, 0.4) is 0 Å². The number of fused-ring (bicyclic) bond motifs is 4. The summed E-state index contributed by atoms with van der Waals surface area (Å²) in [5, 5.41) is 12.1. The highest BCUT2D eigenvalue weighted by Gasteiger charge is 2.20. The number of aryl methyl sites for hydroxylation is 2. The highest BCUT2D eigenvalue weighted by molar-refractivity contribution is 7.90. The third kappa shape index (κ3) is 5.47. The minimum atomic E-state index is -3.89. The summed E-state index contributed by atoms with van der Waals surface area (Å²) in [7, 11) is -2.35. The van der Waals surface area contributed by atoms with Gasteiger partial charge in [-0.3, -0.25) is 4.79 Å². The van der Waals surface area contributed by atoms with Gasteiger partial charge in [0.1, 0.15) is 11.6 Å². The van der Waals surface area contributed by atoms with Gasteiger partial charge in [0.2, 0.25) is 10.0 Å². The average Bonchev–Trinajstić information content (AvgIpc) is 3.54. The van der Waals surface area contributed by atoms with Crippen LogP contribution in [-0.4, -0.2) is 53.0 Å². The van der Waals surface area contributed by atoms with Crippen LogP contribution in [0.15, 0.2) is 84.9 Å². The maximum absolute atomic E-state index is 13.0. The number of para-hydroxylation sites is 1. The maximum Gasteiger partial charge on any atom is 0.264 e. The van der Waals surface area contributed by atoms with E-state index in [9.17, 15) is 18.3 Å². The van der Waals surface area contributed by atoms with Crippen LogP contribution in [0.2, 0.25) is 0 Å². The number of hydrogen-bond acceptors (Lipinski definition) is 6. The first-order chi connectivity index (χ1) is 20.8. The Morgan fingerprint density at radius 1 is 0.907 bits per heavy atom. The van der Waals surface area contributed by atoms with Gasteiger partial charge in [-0.15, -0.1) is 0 Å². The van der Waals surface area contributed by atoms with Crippen molar-refractivity contribution in [3.8, 4) is 17.1 Å². The molecule has 0 atom stereocenters. The first kappa shape index (κ1) is 28.4. The number of carbonyl (C=O) groups is 1. The molecule has 10 heteroatoms. The number of sulfonamides is 1. The van der Waals surface area contributed by atoms with Crippen molar-refractivity contribution in [3.05, 3.63) is 96.1 Å². The lowest BCUT2D eigenvalue weighted by Gasteiger charge is -2.09. The smallest absolute Gasteiger partial charge is 0.264 e. The molecule has 6 rings (SSSR count). The highest BCUT2D eigenvalue weighted by Crippen LogP contribution is 2.33. The lowest BCUT2D eigenvalue weighted by atomic mass is 10.1. The van der Waals surface area contributed by atoms with E-state index in [1.165, 1.54) is 0 Å². The van der Waals surface area contributed by atoms with Crippen molar-refractivity contribution in [1.82, 2.24) is 18.8 Å². The van der Waals surface area contributed by atoms with Crippen molar-refractivity contribution in [2.75, 3.05) is 19.5 Å². The van der Waals surface area contributed by atoms with E-state index in [0.29, 0.717) is 23.6 Å². The number of hydrogen-bond donors (Lipinski definition) is 2. The Bertz CT molecular complexity index is 2100. The predicted molar refractivity (Wildman–Crippen MR) is 169 cm³/mol. The average molecular weight is 597 g/mol. The number of nitrogens with zero attached hydrogens (tertiary/aromatic N) is 3. The zero-order valence-electron chi connectivity index (χ0n) is 23.9. The van der Waals surface area contributed by atoms with Gasteiger partial charge in [0.15, 0.2) is 0 Å².